The van der Waals surface area contributed by atoms with Crippen LogP contribution in [0.25, 0.3) is 0 Å². The Hall–Kier alpha value is -3.55. The largest absolute Gasteiger partial charge is 0.460 e. The summed E-state index contributed by atoms with van der Waals surface area (Å²) in [4.78, 5) is 35.4. The average Bonchev–Trinajstić information content (AvgIpc) is 2.81. The summed E-state index contributed by atoms with van der Waals surface area (Å²) in [7, 11) is 0. The average molecular weight is 485 g/mol. The third kappa shape index (κ3) is 10.1. The van der Waals surface area contributed by atoms with Crippen molar-refractivity contribution in [3.63, 3.8) is 0 Å². The number of hydrazine groups is 1. The molecule has 8 heteroatoms. The predicted molar refractivity (Wildman–Crippen MR) is 132 cm³/mol. The molecule has 1 fully saturated rings. The second kappa shape index (κ2) is 13.4. The molecule has 2 amide bonds. The quantitative estimate of drug-likeness (QED) is 0.408. The molecule has 0 spiro atoms. The molecule has 1 heterocycles. The van der Waals surface area contributed by atoms with E-state index in [0.29, 0.717) is 6.54 Å². The fourth-order valence-electron chi connectivity index (χ4n) is 3.47. The highest BCUT2D eigenvalue weighted by molar-refractivity contribution is 5.74. The number of benzene rings is 2. The first-order chi connectivity index (χ1) is 16.6. The summed E-state index contributed by atoms with van der Waals surface area (Å²) in [6.07, 6.45) is 0.539. The van der Waals surface area contributed by atoms with E-state index in [1.165, 1.54) is 16.9 Å². The van der Waals surface area contributed by atoms with E-state index >= 15 is 0 Å². The Labute approximate surface area is 207 Å². The molecule has 1 aliphatic rings. The van der Waals surface area contributed by atoms with Crippen LogP contribution in [0.1, 0.15) is 58.6 Å². The number of carbonyl (C=O) groups excluding carboxylic acids is 3. The van der Waals surface area contributed by atoms with Gasteiger partial charge in [-0.25, -0.2) is 19.6 Å². The minimum absolute atomic E-state index is 0.133. The Balaban J connectivity index is 0.000000466. The third-order valence-corrected chi connectivity index (χ3v) is 4.93. The van der Waals surface area contributed by atoms with Crippen molar-refractivity contribution in [3.05, 3.63) is 71.8 Å². The molecule has 0 bridgehead atoms. The maximum Gasteiger partial charge on any atom is 0.429 e. The van der Waals surface area contributed by atoms with Crippen LogP contribution >= 0.6 is 0 Å². The number of carbonyl (C=O) groups is 3. The lowest BCUT2D eigenvalue weighted by molar-refractivity contribution is -0.151. The number of hydrogen-bond donors (Lipinski definition) is 0. The maximum absolute atomic E-state index is 12.6. The Morgan fingerprint density at radius 1 is 0.857 bits per heavy atom. The zero-order chi connectivity index (χ0) is 25.8. The van der Waals surface area contributed by atoms with Gasteiger partial charge in [0.25, 0.3) is 0 Å². The van der Waals surface area contributed by atoms with E-state index in [9.17, 15) is 14.4 Å². The lowest BCUT2D eigenvalue weighted by Gasteiger charge is -2.40. The van der Waals surface area contributed by atoms with Gasteiger partial charge >= 0.3 is 18.2 Å². The lowest BCUT2D eigenvalue weighted by atomic mass is 10.1. The molecule has 1 saturated heterocycles. The highest BCUT2D eigenvalue weighted by atomic mass is 16.6. The second-order valence-electron chi connectivity index (χ2n) is 9.25. The van der Waals surface area contributed by atoms with Crippen molar-refractivity contribution in [3.8, 4) is 0 Å². The van der Waals surface area contributed by atoms with Crippen molar-refractivity contribution in [2.75, 3.05) is 6.54 Å². The third-order valence-electron chi connectivity index (χ3n) is 4.93. The molecule has 0 saturated carbocycles. The fraction of sp³-hybridized carbons (Fsp3) is 0.444. The first kappa shape index (κ1) is 27.7. The van der Waals surface area contributed by atoms with Crippen LogP contribution in [0, 0.1) is 0 Å². The summed E-state index contributed by atoms with van der Waals surface area (Å²) in [5.74, 6) is -0.225. The number of nitrogens with zero attached hydrogens (tertiary/aromatic N) is 2. The zero-order valence-corrected chi connectivity index (χ0v) is 21.2. The van der Waals surface area contributed by atoms with Crippen molar-refractivity contribution in [1.82, 2.24) is 10.0 Å². The van der Waals surface area contributed by atoms with Crippen molar-refractivity contribution in [1.29, 1.82) is 0 Å². The molecule has 190 valence electrons. The highest BCUT2D eigenvalue weighted by Gasteiger charge is 2.35. The highest BCUT2D eigenvalue weighted by Crippen LogP contribution is 2.21. The molecule has 35 heavy (non-hydrogen) atoms. The van der Waals surface area contributed by atoms with E-state index in [1.54, 1.807) is 0 Å². The van der Waals surface area contributed by atoms with Gasteiger partial charge < -0.3 is 14.2 Å². The maximum atomic E-state index is 12.6. The normalized spacial score (nSPS) is 15.4. The Morgan fingerprint density at radius 3 is 1.77 bits per heavy atom. The molecular weight excluding hydrogens is 448 g/mol. The Bertz CT molecular complexity index is 943. The van der Waals surface area contributed by atoms with E-state index in [2.05, 4.69) is 0 Å². The van der Waals surface area contributed by atoms with E-state index in [4.69, 9.17) is 14.2 Å². The molecular formula is C27H36N2O6. The van der Waals surface area contributed by atoms with Crippen LogP contribution in [-0.2, 0) is 32.2 Å². The summed E-state index contributed by atoms with van der Waals surface area (Å²) in [5.41, 5.74) is 1.47. The van der Waals surface area contributed by atoms with Gasteiger partial charge in [0.15, 0.2) is 0 Å². The topological polar surface area (TPSA) is 85.4 Å². The van der Waals surface area contributed by atoms with Crippen LogP contribution in [0.3, 0.4) is 0 Å². The standard InChI is InChI=1S/C21H24N2O4.C6H12O2/c1-17-9-8-14-22(20(24)26-15-18-10-4-2-5-11-18)23(17)21(25)27-16-19-12-6-3-7-13-19;1-5(7)8-6(2,3)4/h2-7,10-13,17H,8-9,14-16H2,1H3;1-4H3. The molecule has 0 N–H and O–H groups in total. The lowest BCUT2D eigenvalue weighted by Crippen LogP contribution is -2.57. The minimum atomic E-state index is -0.540. The van der Waals surface area contributed by atoms with E-state index in [-0.39, 0.29) is 30.8 Å². The SMILES string of the molecule is CC(=O)OC(C)(C)C.CC1CCCN(C(=O)OCc2ccccc2)N1C(=O)OCc1ccccc1. The van der Waals surface area contributed by atoms with E-state index in [1.807, 2.05) is 88.4 Å². The van der Waals surface area contributed by atoms with Gasteiger partial charge in [-0.05, 0) is 51.7 Å². The number of hydrogen-bond acceptors (Lipinski definition) is 6. The summed E-state index contributed by atoms with van der Waals surface area (Å²) in [6.45, 7) is 9.59. The smallest absolute Gasteiger partial charge is 0.429 e. The van der Waals surface area contributed by atoms with E-state index < -0.39 is 12.2 Å². The molecule has 3 rings (SSSR count). The van der Waals surface area contributed by atoms with Crippen LogP contribution in [0.2, 0.25) is 0 Å². The van der Waals surface area contributed by atoms with Crippen LogP contribution in [0.5, 0.6) is 0 Å². The first-order valence-electron chi connectivity index (χ1n) is 11.7. The van der Waals surface area contributed by atoms with Crippen molar-refractivity contribution in [2.45, 2.75) is 72.3 Å². The van der Waals surface area contributed by atoms with Crippen LogP contribution in [-0.4, -0.2) is 46.4 Å². The van der Waals surface area contributed by atoms with Gasteiger partial charge in [0.05, 0.1) is 6.04 Å². The van der Waals surface area contributed by atoms with E-state index in [0.717, 1.165) is 24.0 Å². The molecule has 1 atom stereocenters. The molecule has 2 aromatic rings. The first-order valence-corrected chi connectivity index (χ1v) is 11.7. The van der Waals surface area contributed by atoms with Gasteiger partial charge in [0.2, 0.25) is 0 Å². The van der Waals surface area contributed by atoms with Crippen LogP contribution in [0.15, 0.2) is 60.7 Å². The van der Waals surface area contributed by atoms with Crippen LogP contribution < -0.4 is 0 Å². The molecule has 1 aliphatic heterocycles. The summed E-state index contributed by atoms with van der Waals surface area (Å²) in [5, 5.41) is 2.73. The van der Waals surface area contributed by atoms with Crippen molar-refractivity contribution in [2.24, 2.45) is 0 Å². The molecule has 1 unspecified atom stereocenters. The summed E-state index contributed by atoms with van der Waals surface area (Å²) in [6, 6.07) is 18.8. The molecule has 0 aromatic heterocycles. The Kier molecular flexibility index (Phi) is 10.6. The van der Waals surface area contributed by atoms with Gasteiger partial charge in [-0.3, -0.25) is 4.79 Å². The van der Waals surface area contributed by atoms with Crippen molar-refractivity contribution < 1.29 is 28.6 Å². The fourth-order valence-corrected chi connectivity index (χ4v) is 3.47. The number of esters is 1. The van der Waals surface area contributed by atoms with Crippen molar-refractivity contribution >= 4 is 18.2 Å². The van der Waals surface area contributed by atoms with Crippen LogP contribution in [0.4, 0.5) is 9.59 Å². The monoisotopic (exact) mass is 484 g/mol. The molecule has 0 aliphatic carbocycles. The minimum Gasteiger partial charge on any atom is -0.460 e. The van der Waals surface area contributed by atoms with Gasteiger partial charge in [-0.1, -0.05) is 60.7 Å². The number of rotatable bonds is 4. The summed E-state index contributed by atoms with van der Waals surface area (Å²) >= 11 is 0. The van der Waals surface area contributed by atoms with Gasteiger partial charge in [-0.2, -0.15) is 0 Å². The zero-order valence-electron chi connectivity index (χ0n) is 21.2. The number of ether oxygens (including phenoxy) is 3. The summed E-state index contributed by atoms with van der Waals surface area (Å²) < 4.78 is 15.6. The molecule has 8 nitrogen and oxygen atoms in total. The van der Waals surface area contributed by atoms with Gasteiger partial charge in [0, 0.05) is 13.5 Å². The second-order valence-corrected chi connectivity index (χ2v) is 9.25. The number of amides is 2. The predicted octanol–water partition coefficient (Wildman–Crippen LogP) is 5.71. The van der Waals surface area contributed by atoms with Gasteiger partial charge in [-0.15, -0.1) is 0 Å². The van der Waals surface area contributed by atoms with Gasteiger partial charge in [0.1, 0.15) is 18.8 Å². The molecule has 2 aromatic carbocycles. The molecule has 0 radical (unpaired) electrons. The Morgan fingerprint density at radius 2 is 1.34 bits per heavy atom.